The van der Waals surface area contributed by atoms with Gasteiger partial charge < -0.3 is 10.4 Å². The molecule has 1 amide bonds. The van der Waals surface area contributed by atoms with Crippen LogP contribution in [0.3, 0.4) is 0 Å². The molecular formula is C13H15N3O4S. The van der Waals surface area contributed by atoms with Crippen molar-refractivity contribution in [2.24, 2.45) is 0 Å². The smallest absolute Gasteiger partial charge is 0.303 e. The van der Waals surface area contributed by atoms with E-state index in [0.717, 1.165) is 0 Å². The Kier molecular flexibility index (Phi) is 4.69. The van der Waals surface area contributed by atoms with Gasteiger partial charge in [0.2, 0.25) is 5.91 Å². The Balaban J connectivity index is 1.99. The van der Waals surface area contributed by atoms with Crippen molar-refractivity contribution in [3.63, 3.8) is 0 Å². The lowest BCUT2D eigenvalue weighted by atomic mass is 10.2. The Hall–Kier alpha value is -2.22. The van der Waals surface area contributed by atoms with E-state index in [2.05, 4.69) is 10.3 Å². The lowest BCUT2D eigenvalue weighted by Gasteiger charge is -2.13. The summed E-state index contributed by atoms with van der Waals surface area (Å²) in [7, 11) is 0. The van der Waals surface area contributed by atoms with Crippen LogP contribution in [0.4, 0.5) is 0 Å². The normalized spacial score (nSPS) is 12.2. The number of carbonyl (C=O) groups is 2. The molecule has 1 atom stereocenters. The third-order valence-electron chi connectivity index (χ3n) is 2.96. The van der Waals surface area contributed by atoms with E-state index in [1.165, 1.54) is 22.2 Å². The Morgan fingerprint density at radius 1 is 1.52 bits per heavy atom. The molecule has 0 saturated heterocycles. The largest absolute Gasteiger partial charge is 0.481 e. The summed E-state index contributed by atoms with van der Waals surface area (Å²) in [5.74, 6) is -1.24. The van der Waals surface area contributed by atoms with E-state index in [4.69, 9.17) is 5.11 Å². The average Bonchev–Trinajstić information content (AvgIpc) is 2.89. The molecule has 0 aromatic carbocycles. The van der Waals surface area contributed by atoms with Gasteiger partial charge in [-0.15, -0.1) is 11.3 Å². The molecule has 2 aromatic heterocycles. The highest BCUT2D eigenvalue weighted by Crippen LogP contribution is 2.13. The minimum absolute atomic E-state index is 0.0101. The Morgan fingerprint density at radius 2 is 2.29 bits per heavy atom. The van der Waals surface area contributed by atoms with Gasteiger partial charge in [-0.2, -0.15) is 0 Å². The summed E-state index contributed by atoms with van der Waals surface area (Å²) in [6.45, 7) is 1.60. The van der Waals surface area contributed by atoms with E-state index < -0.39 is 5.97 Å². The topological polar surface area (TPSA) is 101 Å². The molecule has 0 fully saturated rings. The molecule has 0 radical (unpaired) electrons. The highest BCUT2D eigenvalue weighted by Gasteiger charge is 2.12. The number of nitrogens with zero attached hydrogens (tertiary/aromatic N) is 2. The molecule has 0 bridgehead atoms. The van der Waals surface area contributed by atoms with Crippen molar-refractivity contribution in [1.82, 2.24) is 14.9 Å². The van der Waals surface area contributed by atoms with Crippen LogP contribution in [-0.4, -0.2) is 32.6 Å². The van der Waals surface area contributed by atoms with Gasteiger partial charge in [-0.3, -0.25) is 19.0 Å². The van der Waals surface area contributed by atoms with Crippen LogP contribution in [0.25, 0.3) is 10.2 Å². The first-order valence-electron chi connectivity index (χ1n) is 6.41. The maximum Gasteiger partial charge on any atom is 0.303 e. The predicted octanol–water partition coefficient (Wildman–Crippen LogP) is 0.828. The molecule has 1 unspecified atom stereocenters. The Bertz CT molecular complexity index is 722. The second-order valence-corrected chi connectivity index (χ2v) is 5.61. The van der Waals surface area contributed by atoms with E-state index in [1.54, 1.807) is 18.4 Å². The quantitative estimate of drug-likeness (QED) is 0.823. The van der Waals surface area contributed by atoms with Gasteiger partial charge in [0.25, 0.3) is 5.56 Å². The first kappa shape index (κ1) is 15.2. The molecule has 0 aliphatic rings. The maximum absolute atomic E-state index is 12.1. The van der Waals surface area contributed by atoms with Crippen molar-refractivity contribution in [2.75, 3.05) is 0 Å². The van der Waals surface area contributed by atoms with Crippen LogP contribution >= 0.6 is 11.3 Å². The summed E-state index contributed by atoms with van der Waals surface area (Å²) in [5, 5.41) is 13.5. The zero-order chi connectivity index (χ0) is 15.4. The molecule has 7 nitrogen and oxygen atoms in total. The fourth-order valence-electron chi connectivity index (χ4n) is 1.89. The number of hydrogen-bond donors (Lipinski definition) is 2. The highest BCUT2D eigenvalue weighted by molar-refractivity contribution is 7.16. The van der Waals surface area contributed by atoms with Gasteiger partial charge >= 0.3 is 5.97 Å². The van der Waals surface area contributed by atoms with Crippen molar-refractivity contribution in [1.29, 1.82) is 0 Å². The van der Waals surface area contributed by atoms with Crippen molar-refractivity contribution >= 4 is 33.4 Å². The molecule has 2 rings (SSSR count). The number of aliphatic carboxylic acids is 1. The van der Waals surface area contributed by atoms with Crippen molar-refractivity contribution in [3.05, 3.63) is 28.1 Å². The second-order valence-electron chi connectivity index (χ2n) is 4.72. The fourth-order valence-corrected chi connectivity index (χ4v) is 2.62. The van der Waals surface area contributed by atoms with Gasteiger partial charge in [-0.25, -0.2) is 4.98 Å². The third kappa shape index (κ3) is 3.88. The fraction of sp³-hybridized carbons (Fsp3) is 0.385. The first-order chi connectivity index (χ1) is 9.97. The summed E-state index contributed by atoms with van der Waals surface area (Å²) in [6, 6.07) is 1.42. The van der Waals surface area contributed by atoms with Crippen LogP contribution in [0.5, 0.6) is 0 Å². The minimum Gasteiger partial charge on any atom is -0.481 e. The van der Waals surface area contributed by atoms with Gasteiger partial charge in [0.15, 0.2) is 0 Å². The molecule has 0 spiro atoms. The second kappa shape index (κ2) is 6.49. The molecule has 2 aromatic rings. The summed E-state index contributed by atoms with van der Waals surface area (Å²) in [6.07, 6.45) is 1.68. The summed E-state index contributed by atoms with van der Waals surface area (Å²) in [4.78, 5) is 39.2. The number of fused-ring (bicyclic) bond motifs is 1. The third-order valence-corrected chi connectivity index (χ3v) is 3.78. The van der Waals surface area contributed by atoms with E-state index >= 15 is 0 Å². The number of thiophene rings is 1. The number of carboxylic acid groups (broad SMARTS) is 1. The monoisotopic (exact) mass is 309 g/mol. The first-order valence-corrected chi connectivity index (χ1v) is 7.29. The van der Waals surface area contributed by atoms with Crippen LogP contribution in [-0.2, 0) is 16.1 Å². The Labute approximate surface area is 124 Å². The van der Waals surface area contributed by atoms with Gasteiger partial charge in [0.05, 0.1) is 11.7 Å². The van der Waals surface area contributed by atoms with Crippen LogP contribution in [0, 0.1) is 0 Å². The summed E-state index contributed by atoms with van der Waals surface area (Å²) >= 11 is 1.37. The zero-order valence-corrected chi connectivity index (χ0v) is 12.2. The predicted molar refractivity (Wildman–Crippen MR) is 78.4 cm³/mol. The molecular weight excluding hydrogens is 294 g/mol. The number of carboxylic acids is 1. The standard InChI is InChI=1S/C13H15N3O4S/c1-8(2-3-11(18)19)15-10(17)6-16-7-14-12-9(13(16)20)4-5-21-12/h4-5,7-8H,2-3,6H2,1H3,(H,15,17)(H,18,19). The number of carbonyl (C=O) groups excluding carboxylic acids is 1. The van der Waals surface area contributed by atoms with Gasteiger partial charge in [0.1, 0.15) is 11.4 Å². The number of amides is 1. The lowest BCUT2D eigenvalue weighted by Crippen LogP contribution is -2.37. The molecule has 2 N–H and O–H groups in total. The lowest BCUT2D eigenvalue weighted by molar-refractivity contribution is -0.137. The van der Waals surface area contributed by atoms with Crippen LogP contribution < -0.4 is 10.9 Å². The highest BCUT2D eigenvalue weighted by atomic mass is 32.1. The zero-order valence-electron chi connectivity index (χ0n) is 11.4. The molecule has 0 aliphatic heterocycles. The van der Waals surface area contributed by atoms with E-state index in [9.17, 15) is 14.4 Å². The maximum atomic E-state index is 12.1. The van der Waals surface area contributed by atoms with Crippen LogP contribution in [0.2, 0.25) is 0 Å². The van der Waals surface area contributed by atoms with Crippen molar-refractivity contribution in [3.8, 4) is 0 Å². The molecule has 2 heterocycles. The number of nitrogens with one attached hydrogen (secondary N) is 1. The van der Waals surface area contributed by atoms with Gasteiger partial charge in [-0.1, -0.05) is 0 Å². The van der Waals surface area contributed by atoms with E-state index in [0.29, 0.717) is 16.6 Å². The minimum atomic E-state index is -0.903. The van der Waals surface area contributed by atoms with Crippen molar-refractivity contribution in [2.45, 2.75) is 32.4 Å². The number of rotatable bonds is 6. The molecule has 0 aliphatic carbocycles. The molecule has 21 heavy (non-hydrogen) atoms. The van der Waals surface area contributed by atoms with Crippen LogP contribution in [0.15, 0.2) is 22.6 Å². The van der Waals surface area contributed by atoms with Gasteiger partial charge in [0, 0.05) is 12.5 Å². The molecule has 112 valence electrons. The molecule has 8 heteroatoms. The number of hydrogen-bond acceptors (Lipinski definition) is 5. The Morgan fingerprint density at radius 3 is 3.00 bits per heavy atom. The summed E-state index contributed by atoms with van der Waals surface area (Å²) < 4.78 is 1.24. The van der Waals surface area contributed by atoms with Gasteiger partial charge in [-0.05, 0) is 24.8 Å². The van der Waals surface area contributed by atoms with Crippen LogP contribution in [0.1, 0.15) is 19.8 Å². The summed E-state index contributed by atoms with van der Waals surface area (Å²) in [5.41, 5.74) is -0.255. The number of aromatic nitrogens is 2. The SMILES string of the molecule is CC(CCC(=O)O)NC(=O)Cn1cnc2sccc2c1=O. The van der Waals surface area contributed by atoms with Crippen molar-refractivity contribution < 1.29 is 14.7 Å². The molecule has 0 saturated carbocycles. The van der Waals surface area contributed by atoms with E-state index in [1.807, 2.05) is 0 Å². The average molecular weight is 309 g/mol. The van der Waals surface area contributed by atoms with E-state index in [-0.39, 0.29) is 30.5 Å².